The van der Waals surface area contributed by atoms with Crippen molar-refractivity contribution in [3.63, 3.8) is 0 Å². The summed E-state index contributed by atoms with van der Waals surface area (Å²) in [6, 6.07) is 14.3. The number of hydrogen-bond donors (Lipinski definition) is 2. The molecule has 1 aromatic heterocycles. The van der Waals surface area contributed by atoms with Gasteiger partial charge in [0.1, 0.15) is 11.6 Å². The number of aromatic nitrogens is 1. The van der Waals surface area contributed by atoms with Gasteiger partial charge in [0.25, 0.3) is 0 Å². The summed E-state index contributed by atoms with van der Waals surface area (Å²) in [5.41, 5.74) is 3.50. The predicted octanol–water partition coefficient (Wildman–Crippen LogP) is 4.74. The zero-order valence-corrected chi connectivity index (χ0v) is 16.9. The van der Waals surface area contributed by atoms with Gasteiger partial charge in [0.15, 0.2) is 0 Å². The minimum absolute atomic E-state index is 0.219. The normalized spacial score (nSPS) is 12.0. The number of rotatable bonds is 4. The molecular weight excluding hydrogens is 385 g/mol. The van der Waals surface area contributed by atoms with Crippen LogP contribution in [0, 0.1) is 5.82 Å². The second-order valence-corrected chi connectivity index (χ2v) is 6.73. The molecule has 2 N–H and O–H groups in total. The highest BCUT2D eigenvalue weighted by molar-refractivity contribution is 5.93. The first-order chi connectivity index (χ1) is 14.5. The number of nitrogens with one attached hydrogen (secondary N) is 1. The van der Waals surface area contributed by atoms with E-state index in [-0.39, 0.29) is 11.4 Å². The number of aromatic carboxylic acids is 1. The van der Waals surface area contributed by atoms with Crippen molar-refractivity contribution < 1.29 is 19.0 Å². The number of carboxylic acid groups (broad SMARTS) is 1. The topological polar surface area (TPSA) is 74.7 Å². The van der Waals surface area contributed by atoms with Crippen molar-refractivity contribution >= 4 is 23.0 Å². The molecule has 1 aliphatic heterocycles. The molecule has 0 fully saturated rings. The Morgan fingerprint density at radius 1 is 1.23 bits per heavy atom. The Bertz CT molecular complexity index is 1030. The van der Waals surface area contributed by atoms with Gasteiger partial charge in [-0.15, -0.1) is 0 Å². The quantitative estimate of drug-likeness (QED) is 0.648. The van der Waals surface area contributed by atoms with Crippen molar-refractivity contribution in [1.82, 2.24) is 4.98 Å². The highest BCUT2D eigenvalue weighted by atomic mass is 19.1. The number of nitrogens with zero attached hydrogens (tertiary/aromatic N) is 2. The molecule has 156 valence electrons. The van der Waals surface area contributed by atoms with Gasteiger partial charge in [-0.25, -0.2) is 9.18 Å². The average molecular weight is 409 g/mol. The van der Waals surface area contributed by atoms with Crippen molar-refractivity contribution in [2.75, 3.05) is 30.9 Å². The van der Waals surface area contributed by atoms with Crippen LogP contribution in [0.1, 0.15) is 22.3 Å². The zero-order valence-electron chi connectivity index (χ0n) is 16.9. The molecule has 3 aromatic rings. The van der Waals surface area contributed by atoms with Gasteiger partial charge in [0.2, 0.25) is 0 Å². The van der Waals surface area contributed by atoms with E-state index in [0.29, 0.717) is 11.4 Å². The Morgan fingerprint density at radius 3 is 2.73 bits per heavy atom. The minimum atomic E-state index is -0.947. The molecule has 0 spiro atoms. The summed E-state index contributed by atoms with van der Waals surface area (Å²) < 4.78 is 19.5. The van der Waals surface area contributed by atoms with Crippen molar-refractivity contribution in [1.29, 1.82) is 0 Å². The van der Waals surface area contributed by atoms with Gasteiger partial charge in [-0.3, -0.25) is 4.98 Å². The van der Waals surface area contributed by atoms with Crippen LogP contribution in [0.5, 0.6) is 5.75 Å². The van der Waals surface area contributed by atoms with Gasteiger partial charge >= 0.3 is 5.97 Å². The number of para-hydroxylation sites is 1. The molecule has 4 rings (SSSR count). The number of carbonyl (C=O) groups is 1. The van der Waals surface area contributed by atoms with E-state index in [1.54, 1.807) is 19.2 Å². The van der Waals surface area contributed by atoms with Crippen LogP contribution in [-0.4, -0.2) is 36.8 Å². The monoisotopic (exact) mass is 409 g/mol. The lowest BCUT2D eigenvalue weighted by atomic mass is 10.1. The highest BCUT2D eigenvalue weighted by Crippen LogP contribution is 2.32. The second kappa shape index (κ2) is 9.73. The number of benzene rings is 2. The van der Waals surface area contributed by atoms with Gasteiger partial charge in [-0.1, -0.05) is 18.2 Å². The number of pyridine rings is 1. The molecule has 0 radical (unpaired) electrons. The number of ether oxygens (including phenoxy) is 1. The molecule has 2 aromatic carbocycles. The maximum atomic E-state index is 13.8. The first kappa shape index (κ1) is 21.1. The van der Waals surface area contributed by atoms with Crippen LogP contribution in [-0.2, 0) is 6.42 Å². The molecule has 0 saturated carbocycles. The SMILES string of the molecule is CN(c1ccc2c(c1)OCCC2)c1ccccc1F.CNc1cnccc1C(=O)O. The molecule has 0 saturated heterocycles. The van der Waals surface area contributed by atoms with E-state index in [1.807, 2.05) is 30.1 Å². The second-order valence-electron chi connectivity index (χ2n) is 6.73. The number of fused-ring (bicyclic) bond motifs is 1. The standard InChI is InChI=1S/C16H16FNO.C7H8N2O2/c1-18(15-7-3-2-6-14(15)17)13-9-8-12-5-4-10-19-16(12)11-13;1-8-6-4-9-3-2-5(6)7(10)11/h2-3,6-9,11H,4-5,10H2,1H3;2-4,8H,1H3,(H,10,11). The smallest absolute Gasteiger partial charge is 0.337 e. The Balaban J connectivity index is 0.000000199. The maximum Gasteiger partial charge on any atom is 0.337 e. The summed E-state index contributed by atoms with van der Waals surface area (Å²) >= 11 is 0. The Labute approximate surface area is 174 Å². The van der Waals surface area contributed by atoms with Crippen molar-refractivity contribution in [3.8, 4) is 5.75 Å². The molecule has 0 amide bonds. The van der Waals surface area contributed by atoms with E-state index in [2.05, 4.69) is 16.4 Å². The molecule has 0 aliphatic carbocycles. The fourth-order valence-corrected chi connectivity index (χ4v) is 3.18. The third kappa shape index (κ3) is 4.86. The van der Waals surface area contributed by atoms with Gasteiger partial charge < -0.3 is 20.1 Å². The largest absolute Gasteiger partial charge is 0.493 e. The third-order valence-electron chi connectivity index (χ3n) is 4.82. The Hall–Kier alpha value is -3.61. The van der Waals surface area contributed by atoms with E-state index >= 15 is 0 Å². The molecular formula is C23H24FN3O3. The highest BCUT2D eigenvalue weighted by Gasteiger charge is 2.14. The summed E-state index contributed by atoms with van der Waals surface area (Å²) in [7, 11) is 3.52. The van der Waals surface area contributed by atoms with E-state index < -0.39 is 5.97 Å². The Kier molecular flexibility index (Phi) is 6.85. The van der Waals surface area contributed by atoms with Gasteiger partial charge in [-0.2, -0.15) is 0 Å². The molecule has 0 unspecified atom stereocenters. The van der Waals surface area contributed by atoms with Crippen LogP contribution >= 0.6 is 0 Å². The molecule has 0 atom stereocenters. The number of anilines is 3. The van der Waals surface area contributed by atoms with Crippen molar-refractivity contribution in [2.24, 2.45) is 0 Å². The van der Waals surface area contributed by atoms with Crippen LogP contribution < -0.4 is 15.0 Å². The fourth-order valence-electron chi connectivity index (χ4n) is 3.18. The number of halogens is 1. The van der Waals surface area contributed by atoms with Crippen LogP contribution in [0.2, 0.25) is 0 Å². The summed E-state index contributed by atoms with van der Waals surface area (Å²) in [4.78, 5) is 16.1. The number of carboxylic acids is 1. The molecule has 7 heteroatoms. The molecule has 1 aliphatic rings. The first-order valence-corrected chi connectivity index (χ1v) is 9.60. The predicted molar refractivity (Wildman–Crippen MR) is 115 cm³/mol. The maximum absolute atomic E-state index is 13.8. The molecule has 0 bridgehead atoms. The molecule has 30 heavy (non-hydrogen) atoms. The lowest BCUT2D eigenvalue weighted by Gasteiger charge is -2.23. The van der Waals surface area contributed by atoms with E-state index in [9.17, 15) is 9.18 Å². The third-order valence-corrected chi connectivity index (χ3v) is 4.82. The summed E-state index contributed by atoms with van der Waals surface area (Å²) in [5.74, 6) is -0.243. The minimum Gasteiger partial charge on any atom is -0.493 e. The van der Waals surface area contributed by atoms with E-state index in [1.165, 1.54) is 30.1 Å². The lowest BCUT2D eigenvalue weighted by Crippen LogP contribution is -2.13. The van der Waals surface area contributed by atoms with Crippen LogP contribution in [0.25, 0.3) is 0 Å². The van der Waals surface area contributed by atoms with Gasteiger partial charge in [-0.05, 0) is 42.7 Å². The fraction of sp³-hybridized carbons (Fsp3) is 0.217. The molecule has 2 heterocycles. The zero-order chi connectivity index (χ0) is 21.5. The van der Waals surface area contributed by atoms with Crippen molar-refractivity contribution in [2.45, 2.75) is 12.8 Å². The van der Waals surface area contributed by atoms with Gasteiger partial charge in [0, 0.05) is 32.0 Å². The number of aryl methyl sites for hydroxylation is 1. The molecule has 6 nitrogen and oxygen atoms in total. The van der Waals surface area contributed by atoms with Gasteiger partial charge in [0.05, 0.1) is 29.7 Å². The number of hydrogen-bond acceptors (Lipinski definition) is 5. The first-order valence-electron chi connectivity index (χ1n) is 9.60. The van der Waals surface area contributed by atoms with E-state index in [0.717, 1.165) is 30.9 Å². The summed E-state index contributed by atoms with van der Waals surface area (Å²) in [6.45, 7) is 0.764. The Morgan fingerprint density at radius 2 is 2.03 bits per heavy atom. The summed E-state index contributed by atoms with van der Waals surface area (Å²) in [5, 5.41) is 11.4. The van der Waals surface area contributed by atoms with Crippen LogP contribution in [0.3, 0.4) is 0 Å². The van der Waals surface area contributed by atoms with Crippen LogP contribution in [0.4, 0.5) is 21.5 Å². The van der Waals surface area contributed by atoms with E-state index in [4.69, 9.17) is 9.84 Å². The lowest BCUT2D eigenvalue weighted by molar-refractivity contribution is 0.0698. The van der Waals surface area contributed by atoms with Crippen LogP contribution in [0.15, 0.2) is 60.9 Å². The average Bonchev–Trinajstić information content (AvgIpc) is 2.79. The summed E-state index contributed by atoms with van der Waals surface area (Å²) in [6.07, 6.45) is 5.04. The van der Waals surface area contributed by atoms with Crippen molar-refractivity contribution in [3.05, 3.63) is 77.9 Å².